The first-order chi connectivity index (χ1) is 13.1. The maximum Gasteiger partial charge on any atom is 2.00 e. The van der Waals surface area contributed by atoms with E-state index < -0.39 is 6.09 Å². The van der Waals surface area contributed by atoms with Crippen LogP contribution in [0.5, 0.6) is 0 Å². The van der Waals surface area contributed by atoms with Crippen LogP contribution in [0.25, 0.3) is 0 Å². The molecule has 2 N–H and O–H groups in total. The molecule has 5 nitrogen and oxygen atoms in total. The van der Waals surface area contributed by atoms with Crippen molar-refractivity contribution in [3.8, 4) is 0 Å². The molecule has 1 aliphatic rings. The van der Waals surface area contributed by atoms with Gasteiger partial charge in [-0.1, -0.05) is 36.0 Å². The third kappa shape index (κ3) is 7.70. The number of hydrogen-bond donors (Lipinski definition) is 1. The topological polar surface area (TPSA) is 58.8 Å². The summed E-state index contributed by atoms with van der Waals surface area (Å²) in [5, 5.41) is 0. The number of carbonyl (C=O) groups is 1. The van der Waals surface area contributed by atoms with Crippen molar-refractivity contribution >= 4 is 11.8 Å². The van der Waals surface area contributed by atoms with Crippen molar-refractivity contribution in [1.82, 2.24) is 4.90 Å². The van der Waals surface area contributed by atoms with Gasteiger partial charge in [0, 0.05) is 38.1 Å². The number of piperazine rings is 1. The SMILES string of the molecule is CC(CC(COC(N)=O)c1ccccc1)N1CCN(c2cc[c-]cc2)CC1.[CH3-].[U+2]. The monoisotopic (exact) mass is 619 g/mol. The van der Waals surface area contributed by atoms with Gasteiger partial charge in [-0.25, -0.2) is 4.79 Å². The van der Waals surface area contributed by atoms with Gasteiger partial charge in [0.1, 0.15) is 6.61 Å². The van der Waals surface area contributed by atoms with Crippen LogP contribution in [0.15, 0.2) is 54.6 Å². The largest absolute Gasteiger partial charge is 2.00 e. The van der Waals surface area contributed by atoms with Crippen LogP contribution in [0.1, 0.15) is 24.8 Å². The molecule has 2 atom stereocenters. The van der Waals surface area contributed by atoms with Crippen molar-refractivity contribution in [2.45, 2.75) is 25.3 Å². The molecule has 1 fully saturated rings. The minimum absolute atomic E-state index is 0. The van der Waals surface area contributed by atoms with Gasteiger partial charge >= 0.3 is 37.2 Å². The maximum atomic E-state index is 11.1. The molecule has 1 heterocycles. The number of hydrogen-bond acceptors (Lipinski definition) is 4. The molecular weight excluding hydrogens is 588 g/mol. The summed E-state index contributed by atoms with van der Waals surface area (Å²) >= 11 is 0. The molecule has 0 spiro atoms. The zero-order valence-electron chi connectivity index (χ0n) is 17.4. The number of rotatable bonds is 7. The number of ether oxygens (including phenoxy) is 1. The van der Waals surface area contributed by atoms with Gasteiger partial charge in [0.25, 0.3) is 0 Å². The normalized spacial score (nSPS) is 16.1. The van der Waals surface area contributed by atoms with Crippen molar-refractivity contribution in [3.63, 3.8) is 0 Å². The molecule has 29 heavy (non-hydrogen) atoms. The molecule has 0 aliphatic carbocycles. The summed E-state index contributed by atoms with van der Waals surface area (Å²) in [6, 6.07) is 21.9. The molecule has 0 radical (unpaired) electrons. The van der Waals surface area contributed by atoms with Crippen LogP contribution >= 0.6 is 0 Å². The number of anilines is 1. The van der Waals surface area contributed by atoms with Crippen LogP contribution in [0.4, 0.5) is 10.5 Å². The van der Waals surface area contributed by atoms with Crippen LogP contribution in [0, 0.1) is 44.6 Å². The number of primary amides is 1. The van der Waals surface area contributed by atoms with Crippen LogP contribution in [0.2, 0.25) is 0 Å². The molecule has 2 aromatic rings. The molecule has 0 saturated carbocycles. The van der Waals surface area contributed by atoms with E-state index in [0.29, 0.717) is 12.6 Å². The molecule has 3 rings (SSSR count). The van der Waals surface area contributed by atoms with E-state index in [1.54, 1.807) is 0 Å². The molecule has 2 aromatic carbocycles. The summed E-state index contributed by atoms with van der Waals surface area (Å²) in [6.07, 6.45) is 0.217. The van der Waals surface area contributed by atoms with Crippen molar-refractivity contribution in [2.24, 2.45) is 5.73 Å². The molecule has 1 amide bonds. The van der Waals surface area contributed by atoms with E-state index in [4.69, 9.17) is 10.5 Å². The Balaban J connectivity index is 0.00000210. The summed E-state index contributed by atoms with van der Waals surface area (Å²) in [6.45, 7) is 6.66. The third-order valence-corrected chi connectivity index (χ3v) is 5.33. The van der Waals surface area contributed by atoms with Crippen molar-refractivity contribution in [1.29, 1.82) is 0 Å². The van der Waals surface area contributed by atoms with E-state index in [1.165, 1.54) is 11.3 Å². The fraction of sp³-hybridized carbons (Fsp3) is 0.391. The zero-order chi connectivity index (χ0) is 19.1. The molecule has 2 unspecified atom stereocenters. The predicted octanol–water partition coefficient (Wildman–Crippen LogP) is 3.72. The first-order valence-electron chi connectivity index (χ1n) is 9.56. The summed E-state index contributed by atoms with van der Waals surface area (Å²) in [7, 11) is 0. The molecule has 1 saturated heterocycles. The Morgan fingerprint density at radius 2 is 1.72 bits per heavy atom. The Morgan fingerprint density at radius 1 is 1.10 bits per heavy atom. The molecular formula is C23H31N3O2U. The second-order valence-corrected chi connectivity index (χ2v) is 7.10. The molecule has 0 bridgehead atoms. The number of amides is 1. The van der Waals surface area contributed by atoms with Crippen LogP contribution in [-0.2, 0) is 4.74 Å². The minimum atomic E-state index is -0.711. The van der Waals surface area contributed by atoms with E-state index in [2.05, 4.69) is 47.1 Å². The van der Waals surface area contributed by atoms with E-state index in [1.807, 2.05) is 30.3 Å². The summed E-state index contributed by atoms with van der Waals surface area (Å²) in [5.41, 5.74) is 7.63. The average molecular weight is 620 g/mol. The average Bonchev–Trinajstić information content (AvgIpc) is 2.72. The van der Waals surface area contributed by atoms with Gasteiger partial charge in [0.05, 0.1) is 0 Å². The van der Waals surface area contributed by atoms with Gasteiger partial charge in [-0.05, 0) is 18.9 Å². The van der Waals surface area contributed by atoms with Gasteiger partial charge in [-0.15, -0.1) is 12.1 Å². The zero-order valence-corrected chi connectivity index (χ0v) is 21.5. The minimum Gasteiger partial charge on any atom is -0.449 e. The Kier molecular flexibility index (Phi) is 11.4. The van der Waals surface area contributed by atoms with E-state index >= 15 is 0 Å². The number of carbonyl (C=O) groups excluding carboxylic acids is 1. The number of nitrogens with two attached hydrogens (primary N) is 1. The van der Waals surface area contributed by atoms with Gasteiger partial charge in [0.2, 0.25) is 0 Å². The smallest absolute Gasteiger partial charge is 0.449 e. The molecule has 0 aromatic heterocycles. The molecule has 1 aliphatic heterocycles. The maximum absolute atomic E-state index is 11.1. The van der Waals surface area contributed by atoms with Crippen molar-refractivity contribution < 1.29 is 40.6 Å². The number of nitrogens with zero attached hydrogens (tertiary/aromatic N) is 2. The fourth-order valence-corrected chi connectivity index (χ4v) is 3.78. The number of benzene rings is 2. The Labute approximate surface area is 199 Å². The second kappa shape index (κ2) is 13.0. The summed E-state index contributed by atoms with van der Waals surface area (Å²) < 4.78 is 5.13. The molecule has 6 heteroatoms. The van der Waals surface area contributed by atoms with Gasteiger partial charge in [0.15, 0.2) is 0 Å². The van der Waals surface area contributed by atoms with Gasteiger partial charge < -0.3 is 22.8 Å². The molecule has 154 valence electrons. The van der Waals surface area contributed by atoms with E-state index in [0.717, 1.165) is 32.6 Å². The second-order valence-electron chi connectivity index (χ2n) is 7.10. The first kappa shape index (κ1) is 25.6. The predicted molar refractivity (Wildman–Crippen MR) is 114 cm³/mol. The Morgan fingerprint density at radius 3 is 2.31 bits per heavy atom. The Bertz CT molecular complexity index is 707. The van der Waals surface area contributed by atoms with E-state index in [9.17, 15) is 4.79 Å². The summed E-state index contributed by atoms with van der Waals surface area (Å²) in [5.74, 6) is 0.149. The van der Waals surface area contributed by atoms with Crippen molar-refractivity contribution in [3.05, 3.63) is 73.7 Å². The Hall–Kier alpha value is -1.48. The van der Waals surface area contributed by atoms with Gasteiger partial charge in [-0.2, -0.15) is 18.2 Å². The summed E-state index contributed by atoms with van der Waals surface area (Å²) in [4.78, 5) is 16.0. The third-order valence-electron chi connectivity index (χ3n) is 5.33. The van der Waals surface area contributed by atoms with Crippen LogP contribution < -0.4 is 10.6 Å². The standard InChI is InChI=1S/C22H28N3O2.CH3.U/c1-18(16-20(17-27-22(23)26)19-8-4-2-5-9-19)24-12-14-25(15-13-24)21-10-6-3-7-11-21;;/h2,4-11,18,20H,12-17H2,1H3,(H2,23,26);1H3;/q2*-1;+2. The van der Waals surface area contributed by atoms with Crippen LogP contribution in [-0.4, -0.2) is 49.8 Å². The quantitative estimate of drug-likeness (QED) is 0.481. The first-order valence-corrected chi connectivity index (χ1v) is 9.56. The van der Waals surface area contributed by atoms with Crippen molar-refractivity contribution in [2.75, 3.05) is 37.7 Å². The van der Waals surface area contributed by atoms with E-state index in [-0.39, 0.29) is 44.5 Å². The van der Waals surface area contributed by atoms with Gasteiger partial charge in [-0.3, -0.25) is 4.90 Å². The van der Waals surface area contributed by atoms with Crippen LogP contribution in [0.3, 0.4) is 0 Å². The fourth-order valence-electron chi connectivity index (χ4n) is 3.78.